The first kappa shape index (κ1) is 9.04. The quantitative estimate of drug-likeness (QED) is 0.772. The number of halogens is 1. The van der Waals surface area contributed by atoms with Crippen molar-refractivity contribution in [2.75, 3.05) is 0 Å². The molecule has 1 aromatic carbocycles. The van der Waals surface area contributed by atoms with Crippen LogP contribution in [-0.2, 0) is 5.54 Å². The van der Waals surface area contributed by atoms with Crippen LogP contribution < -0.4 is 5.73 Å². The lowest BCUT2D eigenvalue weighted by atomic mass is 10.0. The standard InChI is InChI=1S/C11H14ClN/c1-2-8-7-11(8,13)9-5-3-4-6-10(9)12/h3-6,8H,2,7,13H2,1H3. The Morgan fingerprint density at radius 3 is 2.77 bits per heavy atom. The lowest BCUT2D eigenvalue weighted by Gasteiger charge is -2.12. The average molecular weight is 196 g/mol. The van der Waals surface area contributed by atoms with E-state index in [1.54, 1.807) is 0 Å². The second kappa shape index (κ2) is 3.00. The average Bonchev–Trinajstić information content (AvgIpc) is 2.79. The van der Waals surface area contributed by atoms with E-state index in [2.05, 4.69) is 6.92 Å². The fourth-order valence-corrected chi connectivity index (χ4v) is 2.34. The molecule has 1 aromatic rings. The smallest absolute Gasteiger partial charge is 0.0457 e. The highest BCUT2D eigenvalue weighted by molar-refractivity contribution is 6.31. The van der Waals surface area contributed by atoms with E-state index in [9.17, 15) is 0 Å². The van der Waals surface area contributed by atoms with Gasteiger partial charge in [0.05, 0.1) is 0 Å². The predicted octanol–water partition coefficient (Wildman–Crippen LogP) is 2.92. The van der Waals surface area contributed by atoms with Crippen LogP contribution in [0.4, 0.5) is 0 Å². The van der Waals surface area contributed by atoms with E-state index in [0.717, 1.165) is 23.4 Å². The van der Waals surface area contributed by atoms with Crippen LogP contribution in [0.25, 0.3) is 0 Å². The fourth-order valence-electron chi connectivity index (χ4n) is 2.03. The summed E-state index contributed by atoms with van der Waals surface area (Å²) < 4.78 is 0. The van der Waals surface area contributed by atoms with Crippen molar-refractivity contribution in [3.63, 3.8) is 0 Å². The molecule has 2 unspecified atom stereocenters. The molecule has 13 heavy (non-hydrogen) atoms. The Morgan fingerprint density at radius 2 is 2.23 bits per heavy atom. The Labute approximate surface area is 83.9 Å². The molecule has 1 aliphatic rings. The van der Waals surface area contributed by atoms with Gasteiger partial charge in [0, 0.05) is 10.6 Å². The number of rotatable bonds is 2. The minimum absolute atomic E-state index is 0.132. The first-order chi connectivity index (χ1) is 6.18. The third kappa shape index (κ3) is 1.36. The number of benzene rings is 1. The third-order valence-electron chi connectivity index (χ3n) is 3.02. The van der Waals surface area contributed by atoms with Crippen LogP contribution in [0.15, 0.2) is 24.3 Å². The van der Waals surface area contributed by atoms with Crippen molar-refractivity contribution in [1.29, 1.82) is 0 Å². The van der Waals surface area contributed by atoms with Gasteiger partial charge in [-0.2, -0.15) is 0 Å². The molecule has 2 N–H and O–H groups in total. The molecule has 2 atom stereocenters. The highest BCUT2D eigenvalue weighted by Gasteiger charge is 2.51. The van der Waals surface area contributed by atoms with E-state index >= 15 is 0 Å². The van der Waals surface area contributed by atoms with Gasteiger partial charge >= 0.3 is 0 Å². The zero-order valence-electron chi connectivity index (χ0n) is 7.76. The summed E-state index contributed by atoms with van der Waals surface area (Å²) in [5.74, 6) is 0.618. The van der Waals surface area contributed by atoms with E-state index in [0.29, 0.717) is 5.92 Å². The van der Waals surface area contributed by atoms with Crippen molar-refractivity contribution in [3.8, 4) is 0 Å². The lowest BCUT2D eigenvalue weighted by molar-refractivity contribution is 0.615. The van der Waals surface area contributed by atoms with Crippen molar-refractivity contribution < 1.29 is 0 Å². The van der Waals surface area contributed by atoms with Crippen LogP contribution in [0.3, 0.4) is 0 Å². The van der Waals surface area contributed by atoms with E-state index in [4.69, 9.17) is 17.3 Å². The molecule has 0 bridgehead atoms. The molecule has 1 aliphatic carbocycles. The van der Waals surface area contributed by atoms with Gasteiger partial charge in [0.2, 0.25) is 0 Å². The van der Waals surface area contributed by atoms with Crippen LogP contribution in [0.1, 0.15) is 25.3 Å². The minimum atomic E-state index is -0.132. The summed E-state index contributed by atoms with van der Waals surface area (Å²) in [6, 6.07) is 7.90. The van der Waals surface area contributed by atoms with Gasteiger partial charge in [-0.15, -0.1) is 0 Å². The topological polar surface area (TPSA) is 26.0 Å². The molecule has 1 nitrogen and oxygen atoms in total. The molecule has 1 fully saturated rings. The highest BCUT2D eigenvalue weighted by Crippen LogP contribution is 2.53. The van der Waals surface area contributed by atoms with Gasteiger partial charge in [-0.3, -0.25) is 0 Å². The summed E-state index contributed by atoms with van der Waals surface area (Å²) in [6.45, 7) is 2.18. The maximum atomic E-state index is 6.24. The molecular formula is C11H14ClN. The molecule has 0 spiro atoms. The molecule has 0 aliphatic heterocycles. The van der Waals surface area contributed by atoms with E-state index in [1.807, 2.05) is 24.3 Å². The van der Waals surface area contributed by atoms with Gasteiger partial charge in [0.1, 0.15) is 0 Å². The predicted molar refractivity (Wildman–Crippen MR) is 55.7 cm³/mol. The van der Waals surface area contributed by atoms with Crippen molar-refractivity contribution in [2.45, 2.75) is 25.3 Å². The summed E-state index contributed by atoms with van der Waals surface area (Å²) in [4.78, 5) is 0. The minimum Gasteiger partial charge on any atom is -0.321 e. The molecule has 70 valence electrons. The third-order valence-corrected chi connectivity index (χ3v) is 3.35. The summed E-state index contributed by atoms with van der Waals surface area (Å²) in [6.07, 6.45) is 2.22. The first-order valence-electron chi connectivity index (χ1n) is 4.72. The van der Waals surface area contributed by atoms with E-state index in [-0.39, 0.29) is 5.54 Å². The van der Waals surface area contributed by atoms with Crippen molar-refractivity contribution in [3.05, 3.63) is 34.9 Å². The molecular weight excluding hydrogens is 182 g/mol. The van der Waals surface area contributed by atoms with Gasteiger partial charge in [-0.1, -0.05) is 43.1 Å². The zero-order valence-corrected chi connectivity index (χ0v) is 8.51. The van der Waals surface area contributed by atoms with Gasteiger partial charge in [-0.05, 0) is 24.0 Å². The Morgan fingerprint density at radius 1 is 1.54 bits per heavy atom. The Hall–Kier alpha value is -0.530. The fraction of sp³-hybridized carbons (Fsp3) is 0.455. The Kier molecular flexibility index (Phi) is 2.09. The zero-order chi connectivity index (χ0) is 9.47. The molecule has 1 saturated carbocycles. The molecule has 0 aromatic heterocycles. The number of hydrogen-bond acceptors (Lipinski definition) is 1. The van der Waals surface area contributed by atoms with Crippen LogP contribution in [0.5, 0.6) is 0 Å². The maximum Gasteiger partial charge on any atom is 0.0457 e. The van der Waals surface area contributed by atoms with Crippen molar-refractivity contribution in [2.24, 2.45) is 11.7 Å². The molecule has 0 heterocycles. The molecule has 0 saturated heterocycles. The summed E-state index contributed by atoms with van der Waals surface area (Å²) in [7, 11) is 0. The molecule has 0 radical (unpaired) electrons. The molecule has 2 rings (SSSR count). The highest BCUT2D eigenvalue weighted by atomic mass is 35.5. The second-order valence-electron chi connectivity index (χ2n) is 3.83. The lowest BCUT2D eigenvalue weighted by Crippen LogP contribution is -2.22. The van der Waals surface area contributed by atoms with Crippen molar-refractivity contribution in [1.82, 2.24) is 0 Å². The normalized spacial score (nSPS) is 31.8. The molecule has 0 amide bonds. The first-order valence-corrected chi connectivity index (χ1v) is 5.10. The van der Waals surface area contributed by atoms with Crippen LogP contribution in [-0.4, -0.2) is 0 Å². The second-order valence-corrected chi connectivity index (χ2v) is 4.24. The Balaban J connectivity index is 2.32. The van der Waals surface area contributed by atoms with Gasteiger partial charge in [-0.25, -0.2) is 0 Å². The van der Waals surface area contributed by atoms with Gasteiger partial charge < -0.3 is 5.73 Å². The number of nitrogens with two attached hydrogens (primary N) is 1. The SMILES string of the molecule is CCC1CC1(N)c1ccccc1Cl. The van der Waals surface area contributed by atoms with E-state index in [1.165, 1.54) is 0 Å². The maximum absolute atomic E-state index is 6.24. The van der Waals surface area contributed by atoms with E-state index < -0.39 is 0 Å². The van der Waals surface area contributed by atoms with Crippen molar-refractivity contribution >= 4 is 11.6 Å². The summed E-state index contributed by atoms with van der Waals surface area (Å²) in [5, 5.41) is 0.806. The largest absolute Gasteiger partial charge is 0.321 e. The number of hydrogen-bond donors (Lipinski definition) is 1. The van der Waals surface area contributed by atoms with Crippen LogP contribution in [0, 0.1) is 5.92 Å². The summed E-state index contributed by atoms with van der Waals surface area (Å²) >= 11 is 6.09. The Bertz CT molecular complexity index is 324. The summed E-state index contributed by atoms with van der Waals surface area (Å²) in [5.41, 5.74) is 7.22. The molecule has 2 heteroatoms. The van der Waals surface area contributed by atoms with Gasteiger partial charge in [0.15, 0.2) is 0 Å². The van der Waals surface area contributed by atoms with Crippen LogP contribution in [0.2, 0.25) is 5.02 Å². The monoisotopic (exact) mass is 195 g/mol. The van der Waals surface area contributed by atoms with Crippen LogP contribution >= 0.6 is 11.6 Å². The van der Waals surface area contributed by atoms with Gasteiger partial charge in [0.25, 0.3) is 0 Å².